The number of ether oxygens (including phenoxy) is 2. The van der Waals surface area contributed by atoms with E-state index in [9.17, 15) is 18.7 Å². The molecule has 3 aromatic rings. The second-order valence-corrected chi connectivity index (χ2v) is 11.1. The van der Waals surface area contributed by atoms with Gasteiger partial charge in [0, 0.05) is 36.5 Å². The third-order valence-electron chi connectivity index (χ3n) is 7.15. The van der Waals surface area contributed by atoms with Crippen LogP contribution >= 0.6 is 23.2 Å². The van der Waals surface area contributed by atoms with E-state index in [0.29, 0.717) is 47.2 Å². The summed E-state index contributed by atoms with van der Waals surface area (Å²) in [6, 6.07) is 11.5. The first-order chi connectivity index (χ1) is 19.1. The van der Waals surface area contributed by atoms with Gasteiger partial charge in [-0.05, 0) is 87.3 Å². The van der Waals surface area contributed by atoms with Gasteiger partial charge in [0.1, 0.15) is 23.5 Å². The second-order valence-electron chi connectivity index (χ2n) is 10.3. The molecule has 2 aliphatic rings. The van der Waals surface area contributed by atoms with Gasteiger partial charge < -0.3 is 29.6 Å². The summed E-state index contributed by atoms with van der Waals surface area (Å²) < 4.78 is 42.3. The van der Waals surface area contributed by atoms with E-state index in [1.54, 1.807) is 0 Å². The highest BCUT2D eigenvalue weighted by atomic mass is 35.5. The van der Waals surface area contributed by atoms with Crippen LogP contribution in [0, 0.1) is 0 Å². The summed E-state index contributed by atoms with van der Waals surface area (Å²) in [5, 5.41) is 11.9. The van der Waals surface area contributed by atoms with Gasteiger partial charge in [-0.15, -0.1) is 0 Å². The topological polar surface area (TPSA) is 98.2 Å². The van der Waals surface area contributed by atoms with E-state index in [2.05, 4.69) is 16.7 Å². The molecule has 0 aliphatic carbocycles. The molecule has 218 valence electrons. The molecule has 1 amide bonds. The Labute approximate surface area is 242 Å². The van der Waals surface area contributed by atoms with Crippen LogP contribution in [0.2, 0.25) is 10.0 Å². The molecule has 7 nitrogen and oxygen atoms in total. The minimum Gasteiger partial charge on any atom is -0.489 e. The van der Waals surface area contributed by atoms with Gasteiger partial charge in [0.2, 0.25) is 0 Å². The number of aliphatic hydroxyl groups is 1. The monoisotopic (exact) mass is 598 g/mol. The summed E-state index contributed by atoms with van der Waals surface area (Å²) in [4.78, 5) is 13.1. The van der Waals surface area contributed by atoms with Gasteiger partial charge in [0.25, 0.3) is 5.91 Å². The van der Waals surface area contributed by atoms with Crippen LogP contribution in [0.15, 0.2) is 46.9 Å². The van der Waals surface area contributed by atoms with Crippen LogP contribution in [0.5, 0.6) is 5.75 Å². The number of amides is 1. The third-order valence-corrected chi connectivity index (χ3v) is 7.68. The maximum Gasteiger partial charge on any atom is 0.380 e. The van der Waals surface area contributed by atoms with E-state index in [4.69, 9.17) is 37.1 Å². The van der Waals surface area contributed by atoms with Gasteiger partial charge in [0.15, 0.2) is 5.76 Å². The van der Waals surface area contributed by atoms with Gasteiger partial charge in [-0.25, -0.2) is 0 Å². The lowest BCUT2D eigenvalue weighted by atomic mass is 9.96. The number of carbonyl (C=O) groups is 1. The number of nitrogens with two attached hydrogens (primary N) is 1. The Morgan fingerprint density at radius 3 is 2.50 bits per heavy atom. The minimum atomic E-state index is -3.81. The number of halogens is 4. The van der Waals surface area contributed by atoms with Crippen LogP contribution in [0.1, 0.15) is 43.4 Å². The van der Waals surface area contributed by atoms with Crippen molar-refractivity contribution >= 4 is 40.1 Å². The van der Waals surface area contributed by atoms with Crippen molar-refractivity contribution in [3.63, 3.8) is 0 Å². The number of fused-ring (bicyclic) bond motifs is 1. The van der Waals surface area contributed by atoms with Crippen molar-refractivity contribution in [2.24, 2.45) is 5.73 Å². The molecule has 11 heteroatoms. The smallest absolute Gasteiger partial charge is 0.380 e. The van der Waals surface area contributed by atoms with Crippen LogP contribution in [-0.4, -0.2) is 61.0 Å². The van der Waals surface area contributed by atoms with Gasteiger partial charge in [-0.2, -0.15) is 8.78 Å². The number of primary amides is 1. The number of furan rings is 1. The number of rotatable bonds is 9. The number of hydrogen-bond donors (Lipinski definition) is 2. The minimum absolute atomic E-state index is 0.223. The molecular formula is C29H34Cl2F2N2O5. The van der Waals surface area contributed by atoms with Crippen molar-refractivity contribution in [3.05, 3.63) is 63.8 Å². The Morgan fingerprint density at radius 1 is 1.10 bits per heavy atom. The van der Waals surface area contributed by atoms with Gasteiger partial charge >= 0.3 is 5.92 Å². The standard InChI is InChI=1S/C19H28ClNO3.C10H6ClF2NO2/c20-17-14-16(4-3-11-21-9-1-2-10-21)5-6-18(17)24-15-19(22)7-12-23-13-8-19;11-6-1-2-7-5(3-6)4-8(16-7)10(12,13)9(14)15/h5-6,14,22H,1-4,7-13,15H2;1-4H,(H2,14,15). The van der Waals surface area contributed by atoms with Crippen LogP contribution in [0.25, 0.3) is 11.0 Å². The van der Waals surface area contributed by atoms with E-state index < -0.39 is 23.2 Å². The molecule has 2 fully saturated rings. The Balaban J connectivity index is 0.000000201. The highest BCUT2D eigenvalue weighted by molar-refractivity contribution is 6.32. The number of carbonyl (C=O) groups excluding carboxylic acids is 1. The first kappa shape index (κ1) is 30.5. The van der Waals surface area contributed by atoms with Crippen LogP contribution in [-0.2, 0) is 21.9 Å². The molecule has 0 spiro atoms. The summed E-state index contributed by atoms with van der Waals surface area (Å²) in [5.41, 5.74) is 5.25. The zero-order chi connectivity index (χ0) is 28.8. The predicted molar refractivity (Wildman–Crippen MR) is 150 cm³/mol. The summed E-state index contributed by atoms with van der Waals surface area (Å²) >= 11 is 12.0. The number of benzene rings is 2. The van der Waals surface area contributed by atoms with Crippen molar-refractivity contribution in [3.8, 4) is 5.75 Å². The molecule has 2 saturated heterocycles. The molecule has 0 unspecified atom stereocenters. The van der Waals surface area contributed by atoms with Gasteiger partial charge in [0.05, 0.1) is 5.02 Å². The van der Waals surface area contributed by atoms with Crippen LogP contribution < -0.4 is 10.5 Å². The number of nitrogens with zero attached hydrogens (tertiary/aromatic N) is 1. The van der Waals surface area contributed by atoms with E-state index in [1.807, 2.05) is 12.1 Å². The molecular weight excluding hydrogens is 565 g/mol. The SMILES string of the molecule is NC(=O)C(F)(F)c1cc2cc(Cl)ccc2o1.OC1(COc2ccc(CCCN3CCCC3)cc2Cl)CCOCC1. The van der Waals surface area contributed by atoms with Crippen molar-refractivity contribution in [2.75, 3.05) is 39.5 Å². The largest absolute Gasteiger partial charge is 0.489 e. The number of aryl methyl sites for hydroxylation is 1. The van der Waals surface area contributed by atoms with E-state index >= 15 is 0 Å². The molecule has 2 aliphatic heterocycles. The van der Waals surface area contributed by atoms with E-state index in [0.717, 1.165) is 18.9 Å². The molecule has 1 aromatic heterocycles. The third kappa shape index (κ3) is 8.07. The molecule has 0 atom stereocenters. The number of hydrogen-bond acceptors (Lipinski definition) is 6. The Hall–Kier alpha value is -2.43. The first-order valence-electron chi connectivity index (χ1n) is 13.4. The van der Waals surface area contributed by atoms with E-state index in [1.165, 1.54) is 56.2 Å². The summed E-state index contributed by atoms with van der Waals surface area (Å²) in [7, 11) is 0. The average Bonchev–Trinajstić information content (AvgIpc) is 3.59. The van der Waals surface area contributed by atoms with Crippen LogP contribution in [0.4, 0.5) is 8.78 Å². The second kappa shape index (κ2) is 13.5. The molecule has 0 saturated carbocycles. The maximum atomic E-state index is 13.2. The Kier molecular flexibility index (Phi) is 10.3. The lowest BCUT2D eigenvalue weighted by Crippen LogP contribution is -2.41. The lowest BCUT2D eigenvalue weighted by Gasteiger charge is -2.31. The summed E-state index contributed by atoms with van der Waals surface area (Å²) in [5.74, 6) is -5.69. The first-order valence-corrected chi connectivity index (χ1v) is 14.1. The van der Waals surface area contributed by atoms with E-state index in [-0.39, 0.29) is 12.2 Å². The number of alkyl halides is 2. The fourth-order valence-electron chi connectivity index (χ4n) is 4.73. The van der Waals surface area contributed by atoms with Crippen LogP contribution in [0.3, 0.4) is 0 Å². The van der Waals surface area contributed by atoms with Gasteiger partial charge in [-0.3, -0.25) is 4.79 Å². The molecule has 2 aromatic carbocycles. The zero-order valence-corrected chi connectivity index (χ0v) is 23.7. The molecule has 3 heterocycles. The van der Waals surface area contributed by atoms with Crippen molar-refractivity contribution in [1.82, 2.24) is 4.90 Å². The van der Waals surface area contributed by atoms with Crippen molar-refractivity contribution in [1.29, 1.82) is 0 Å². The lowest BCUT2D eigenvalue weighted by molar-refractivity contribution is -0.145. The average molecular weight is 600 g/mol. The fraction of sp³-hybridized carbons (Fsp3) is 0.483. The van der Waals surface area contributed by atoms with Crippen molar-refractivity contribution in [2.45, 2.75) is 50.0 Å². The molecule has 3 N–H and O–H groups in total. The highest BCUT2D eigenvalue weighted by Crippen LogP contribution is 2.33. The zero-order valence-electron chi connectivity index (χ0n) is 22.1. The normalized spacial score (nSPS) is 17.4. The maximum absolute atomic E-state index is 13.2. The Morgan fingerprint density at radius 2 is 1.82 bits per heavy atom. The molecule has 0 radical (unpaired) electrons. The fourth-order valence-corrected chi connectivity index (χ4v) is 5.17. The summed E-state index contributed by atoms with van der Waals surface area (Å²) in [6.07, 6.45) is 6.11. The molecule has 0 bridgehead atoms. The van der Waals surface area contributed by atoms with Gasteiger partial charge in [-0.1, -0.05) is 29.3 Å². The van der Waals surface area contributed by atoms with Crippen molar-refractivity contribution < 1.29 is 32.6 Å². The molecule has 40 heavy (non-hydrogen) atoms. The Bertz CT molecular complexity index is 1290. The quantitative estimate of drug-likeness (QED) is 0.316. The predicted octanol–water partition coefficient (Wildman–Crippen LogP) is 5.95. The molecule has 5 rings (SSSR count). The highest BCUT2D eigenvalue weighted by Gasteiger charge is 2.42. The summed E-state index contributed by atoms with van der Waals surface area (Å²) in [6.45, 7) is 5.12. The number of likely N-dealkylation sites (tertiary alicyclic amines) is 1.